The maximum absolute atomic E-state index is 9.91. The fourth-order valence-electron chi connectivity index (χ4n) is 2.49. The van der Waals surface area contributed by atoms with E-state index in [4.69, 9.17) is 5.73 Å². The standard InChI is InChI=1S/C11H14N4O2/c12-11-9-6(3-4-13-11)15(5-14-9)7-1-2-8(16)10(7)17/h3-5,7-8,10,16-17H,1-2H2,(H2,12,13). The molecule has 3 atom stereocenters. The summed E-state index contributed by atoms with van der Waals surface area (Å²) < 4.78 is 1.87. The number of pyridine rings is 1. The van der Waals surface area contributed by atoms with Crippen molar-refractivity contribution < 1.29 is 10.2 Å². The van der Waals surface area contributed by atoms with Crippen molar-refractivity contribution in [1.29, 1.82) is 0 Å². The Hall–Kier alpha value is -1.66. The molecule has 0 bridgehead atoms. The Morgan fingerprint density at radius 2 is 2.12 bits per heavy atom. The molecular weight excluding hydrogens is 220 g/mol. The van der Waals surface area contributed by atoms with Crippen LogP contribution in [0.1, 0.15) is 18.9 Å². The van der Waals surface area contributed by atoms with Gasteiger partial charge in [-0.15, -0.1) is 0 Å². The average molecular weight is 234 g/mol. The average Bonchev–Trinajstić information content (AvgIpc) is 2.86. The van der Waals surface area contributed by atoms with E-state index in [-0.39, 0.29) is 6.04 Å². The van der Waals surface area contributed by atoms with E-state index >= 15 is 0 Å². The van der Waals surface area contributed by atoms with Gasteiger partial charge in [0.05, 0.1) is 24.0 Å². The zero-order valence-electron chi connectivity index (χ0n) is 9.19. The molecule has 1 saturated carbocycles. The Kier molecular flexibility index (Phi) is 2.27. The molecule has 2 aromatic rings. The predicted molar refractivity (Wildman–Crippen MR) is 62.2 cm³/mol. The van der Waals surface area contributed by atoms with Crippen LogP contribution in [-0.4, -0.2) is 37.0 Å². The highest BCUT2D eigenvalue weighted by molar-refractivity contribution is 5.84. The number of hydrogen-bond acceptors (Lipinski definition) is 5. The minimum atomic E-state index is -0.748. The molecule has 1 aliphatic carbocycles. The lowest BCUT2D eigenvalue weighted by atomic mass is 10.2. The smallest absolute Gasteiger partial charge is 0.151 e. The van der Waals surface area contributed by atoms with Gasteiger partial charge in [0, 0.05) is 6.20 Å². The van der Waals surface area contributed by atoms with E-state index in [0.29, 0.717) is 17.8 Å². The van der Waals surface area contributed by atoms with Crippen LogP contribution in [0.5, 0.6) is 0 Å². The zero-order valence-corrected chi connectivity index (χ0v) is 9.19. The molecule has 1 fully saturated rings. The van der Waals surface area contributed by atoms with Crippen LogP contribution >= 0.6 is 0 Å². The van der Waals surface area contributed by atoms with Gasteiger partial charge in [0.25, 0.3) is 0 Å². The summed E-state index contributed by atoms with van der Waals surface area (Å²) in [6, 6.07) is 1.67. The van der Waals surface area contributed by atoms with Crippen LogP contribution in [0.2, 0.25) is 0 Å². The summed E-state index contributed by atoms with van der Waals surface area (Å²) in [5.41, 5.74) is 7.21. The maximum Gasteiger partial charge on any atom is 0.151 e. The molecule has 0 aliphatic heterocycles. The van der Waals surface area contributed by atoms with E-state index < -0.39 is 12.2 Å². The number of nitrogens with zero attached hydrogens (tertiary/aromatic N) is 3. The summed E-state index contributed by atoms with van der Waals surface area (Å²) in [6.45, 7) is 0. The highest BCUT2D eigenvalue weighted by Gasteiger charge is 2.35. The van der Waals surface area contributed by atoms with E-state index in [1.807, 2.05) is 10.6 Å². The summed E-state index contributed by atoms with van der Waals surface area (Å²) in [7, 11) is 0. The van der Waals surface area contributed by atoms with Gasteiger partial charge in [-0.2, -0.15) is 0 Å². The third kappa shape index (κ3) is 1.49. The Balaban J connectivity index is 2.10. The lowest BCUT2D eigenvalue weighted by Gasteiger charge is -2.18. The van der Waals surface area contributed by atoms with Crippen LogP contribution in [0.25, 0.3) is 11.0 Å². The number of imidazole rings is 1. The lowest BCUT2D eigenvalue weighted by Crippen LogP contribution is -2.26. The van der Waals surface area contributed by atoms with E-state index in [9.17, 15) is 10.2 Å². The molecule has 90 valence electrons. The van der Waals surface area contributed by atoms with Crippen LogP contribution in [0.4, 0.5) is 5.82 Å². The zero-order chi connectivity index (χ0) is 12.0. The Morgan fingerprint density at radius 1 is 1.29 bits per heavy atom. The van der Waals surface area contributed by atoms with E-state index in [2.05, 4.69) is 9.97 Å². The van der Waals surface area contributed by atoms with Crippen molar-refractivity contribution in [3.8, 4) is 0 Å². The van der Waals surface area contributed by atoms with Gasteiger partial charge >= 0.3 is 0 Å². The maximum atomic E-state index is 9.91. The topological polar surface area (TPSA) is 97.2 Å². The van der Waals surface area contributed by atoms with E-state index in [1.165, 1.54) is 0 Å². The second-order valence-electron chi connectivity index (χ2n) is 4.42. The molecule has 6 nitrogen and oxygen atoms in total. The SMILES string of the molecule is Nc1nccc2c1ncn2C1CCC(O)C1O. The van der Waals surface area contributed by atoms with Gasteiger partial charge in [-0.1, -0.05) is 0 Å². The molecule has 0 amide bonds. The molecule has 1 aliphatic rings. The first-order valence-electron chi connectivity index (χ1n) is 5.61. The molecule has 6 heteroatoms. The number of rotatable bonds is 1. The molecule has 4 N–H and O–H groups in total. The number of aromatic nitrogens is 3. The van der Waals surface area contributed by atoms with Gasteiger partial charge in [0.2, 0.25) is 0 Å². The first-order chi connectivity index (χ1) is 8.18. The van der Waals surface area contributed by atoms with Crippen LogP contribution < -0.4 is 5.73 Å². The third-order valence-electron chi connectivity index (χ3n) is 3.42. The summed E-state index contributed by atoms with van der Waals surface area (Å²) in [4.78, 5) is 8.18. The largest absolute Gasteiger partial charge is 0.390 e. The van der Waals surface area contributed by atoms with Crippen molar-refractivity contribution in [2.75, 3.05) is 5.73 Å². The van der Waals surface area contributed by atoms with Crippen molar-refractivity contribution in [2.45, 2.75) is 31.1 Å². The molecule has 3 unspecified atom stereocenters. The van der Waals surface area contributed by atoms with Gasteiger partial charge in [0.1, 0.15) is 11.6 Å². The quantitative estimate of drug-likeness (QED) is 0.648. The number of aliphatic hydroxyl groups excluding tert-OH is 2. The molecule has 0 radical (unpaired) electrons. The summed E-state index contributed by atoms with van der Waals surface area (Å²) in [6.07, 6.45) is 3.20. The van der Waals surface area contributed by atoms with Crippen LogP contribution in [0.3, 0.4) is 0 Å². The second-order valence-corrected chi connectivity index (χ2v) is 4.42. The molecule has 0 spiro atoms. The molecule has 0 saturated heterocycles. The Labute approximate surface area is 97.7 Å². The van der Waals surface area contributed by atoms with Crippen molar-refractivity contribution >= 4 is 16.9 Å². The number of fused-ring (bicyclic) bond motifs is 1. The minimum absolute atomic E-state index is 0.142. The van der Waals surface area contributed by atoms with Gasteiger partial charge in [-0.25, -0.2) is 9.97 Å². The highest BCUT2D eigenvalue weighted by Crippen LogP contribution is 2.33. The number of hydrogen-bond donors (Lipinski definition) is 3. The van der Waals surface area contributed by atoms with Crippen molar-refractivity contribution in [1.82, 2.24) is 14.5 Å². The first-order valence-corrected chi connectivity index (χ1v) is 5.61. The van der Waals surface area contributed by atoms with Gasteiger partial charge in [-0.05, 0) is 18.9 Å². The van der Waals surface area contributed by atoms with Gasteiger partial charge < -0.3 is 20.5 Å². The van der Waals surface area contributed by atoms with Crippen LogP contribution in [0, 0.1) is 0 Å². The van der Waals surface area contributed by atoms with Crippen LogP contribution in [0.15, 0.2) is 18.6 Å². The summed E-state index contributed by atoms with van der Waals surface area (Å²) in [5.74, 6) is 0.384. The number of aliphatic hydroxyl groups is 2. The summed E-state index contributed by atoms with van der Waals surface area (Å²) in [5, 5.41) is 19.5. The number of anilines is 1. The number of nitrogen functional groups attached to an aromatic ring is 1. The first kappa shape index (κ1) is 10.5. The lowest BCUT2D eigenvalue weighted by molar-refractivity contribution is 0.0242. The second kappa shape index (κ2) is 3.68. The predicted octanol–water partition coefficient (Wildman–Crippen LogP) is 0.0702. The normalized spacial score (nSPS) is 28.9. The monoisotopic (exact) mass is 234 g/mol. The fourth-order valence-corrected chi connectivity index (χ4v) is 2.49. The van der Waals surface area contributed by atoms with Crippen molar-refractivity contribution in [3.05, 3.63) is 18.6 Å². The summed E-state index contributed by atoms with van der Waals surface area (Å²) >= 11 is 0. The molecular formula is C11H14N4O2. The van der Waals surface area contributed by atoms with Crippen LogP contribution in [-0.2, 0) is 0 Å². The van der Waals surface area contributed by atoms with E-state index in [0.717, 1.165) is 11.9 Å². The highest BCUT2D eigenvalue weighted by atomic mass is 16.3. The third-order valence-corrected chi connectivity index (χ3v) is 3.42. The van der Waals surface area contributed by atoms with Crippen molar-refractivity contribution in [3.63, 3.8) is 0 Å². The van der Waals surface area contributed by atoms with Gasteiger partial charge in [-0.3, -0.25) is 0 Å². The molecule has 0 aromatic carbocycles. The molecule has 3 rings (SSSR count). The Bertz CT molecular complexity index is 553. The fraction of sp³-hybridized carbons (Fsp3) is 0.455. The minimum Gasteiger partial charge on any atom is -0.390 e. The van der Waals surface area contributed by atoms with Gasteiger partial charge in [0.15, 0.2) is 5.82 Å². The molecule has 2 heterocycles. The Morgan fingerprint density at radius 3 is 2.82 bits per heavy atom. The number of nitrogens with two attached hydrogens (primary N) is 1. The molecule has 2 aromatic heterocycles. The molecule has 17 heavy (non-hydrogen) atoms. The van der Waals surface area contributed by atoms with Crippen molar-refractivity contribution in [2.24, 2.45) is 0 Å². The van der Waals surface area contributed by atoms with E-state index in [1.54, 1.807) is 12.5 Å².